The first-order valence-corrected chi connectivity index (χ1v) is 10.2. The van der Waals surface area contributed by atoms with Gasteiger partial charge in [0.15, 0.2) is 0 Å². The van der Waals surface area contributed by atoms with Crippen molar-refractivity contribution in [1.82, 2.24) is 19.4 Å². The van der Waals surface area contributed by atoms with Crippen molar-refractivity contribution in [3.05, 3.63) is 75.4 Å². The highest BCUT2D eigenvalue weighted by Gasteiger charge is 2.17. The van der Waals surface area contributed by atoms with Crippen molar-refractivity contribution in [2.24, 2.45) is 7.05 Å². The van der Waals surface area contributed by atoms with Crippen molar-refractivity contribution in [2.45, 2.75) is 20.4 Å². The number of nitrogens with one attached hydrogen (secondary N) is 1. The number of hydrogen-bond donors (Lipinski definition) is 1. The Morgan fingerprint density at radius 2 is 1.97 bits per heavy atom. The van der Waals surface area contributed by atoms with Crippen LogP contribution in [0, 0.1) is 13.8 Å². The Morgan fingerprint density at radius 1 is 1.17 bits per heavy atom. The number of thiophene rings is 1. The van der Waals surface area contributed by atoms with E-state index in [1.165, 1.54) is 27.8 Å². The molecule has 3 aromatic heterocycles. The topological polar surface area (TPSA) is 86.0 Å². The molecule has 1 N–H and O–H groups in total. The van der Waals surface area contributed by atoms with E-state index in [-0.39, 0.29) is 12.1 Å². The first kappa shape index (κ1) is 19.8. The molecule has 1 aromatic carbocycles. The van der Waals surface area contributed by atoms with E-state index in [2.05, 4.69) is 10.3 Å². The zero-order chi connectivity index (χ0) is 21.4. The zero-order valence-electron chi connectivity index (χ0n) is 16.8. The van der Waals surface area contributed by atoms with Crippen molar-refractivity contribution >= 4 is 33.4 Å². The van der Waals surface area contributed by atoms with E-state index in [0.717, 1.165) is 16.7 Å². The molecule has 0 atom stereocenters. The van der Waals surface area contributed by atoms with E-state index in [1.54, 1.807) is 29.9 Å². The minimum Gasteiger partial charge on any atom is -0.347 e. The summed E-state index contributed by atoms with van der Waals surface area (Å²) in [5, 5.41) is 4.71. The lowest BCUT2D eigenvalue weighted by Gasteiger charge is -2.08. The monoisotopic (exact) mass is 420 g/mol. The molecule has 0 aliphatic rings. The molecule has 0 fully saturated rings. The number of aromatic nitrogens is 3. The van der Waals surface area contributed by atoms with Crippen LogP contribution in [0.1, 0.15) is 21.6 Å². The average molecular weight is 420 g/mol. The first-order valence-electron chi connectivity index (χ1n) is 9.35. The lowest BCUT2D eigenvalue weighted by molar-refractivity contribution is -0.120. The van der Waals surface area contributed by atoms with E-state index in [1.807, 2.05) is 37.4 Å². The Bertz CT molecular complexity index is 1350. The van der Waals surface area contributed by atoms with Gasteiger partial charge in [-0.15, -0.1) is 11.3 Å². The summed E-state index contributed by atoms with van der Waals surface area (Å²) in [4.78, 5) is 42.6. The van der Waals surface area contributed by atoms with Crippen molar-refractivity contribution in [3.8, 4) is 11.1 Å². The summed E-state index contributed by atoms with van der Waals surface area (Å²) in [5.41, 5.74) is 4.09. The maximum atomic E-state index is 13.1. The van der Waals surface area contributed by atoms with Gasteiger partial charge in [-0.25, -0.2) is 4.98 Å². The van der Waals surface area contributed by atoms with Crippen LogP contribution in [0.15, 0.2) is 53.0 Å². The highest BCUT2D eigenvalue weighted by Crippen LogP contribution is 2.31. The van der Waals surface area contributed by atoms with E-state index in [0.29, 0.717) is 15.9 Å². The molecule has 0 unspecified atom stereocenters. The largest absolute Gasteiger partial charge is 0.347 e. The summed E-state index contributed by atoms with van der Waals surface area (Å²) < 4.78 is 2.84. The van der Waals surface area contributed by atoms with Crippen LogP contribution >= 0.6 is 11.3 Å². The second-order valence-corrected chi connectivity index (χ2v) is 8.05. The predicted octanol–water partition coefficient (Wildman–Crippen LogP) is 3.04. The average Bonchev–Trinajstić information content (AvgIpc) is 3.33. The zero-order valence-corrected chi connectivity index (χ0v) is 17.6. The van der Waals surface area contributed by atoms with E-state index < -0.39 is 11.8 Å². The highest BCUT2D eigenvalue weighted by atomic mass is 32.1. The Labute approximate surface area is 176 Å². The summed E-state index contributed by atoms with van der Waals surface area (Å²) in [6.07, 6.45) is 3.06. The number of imide groups is 1. The number of carbonyl (C=O) groups is 2. The van der Waals surface area contributed by atoms with Crippen LogP contribution in [-0.4, -0.2) is 25.9 Å². The molecule has 7 nitrogen and oxygen atoms in total. The van der Waals surface area contributed by atoms with E-state index in [9.17, 15) is 14.4 Å². The van der Waals surface area contributed by atoms with Crippen LogP contribution in [0.3, 0.4) is 0 Å². The maximum Gasteiger partial charge on any atom is 0.274 e. The molecule has 0 bridgehead atoms. The smallest absolute Gasteiger partial charge is 0.274 e. The van der Waals surface area contributed by atoms with Crippen LogP contribution in [-0.2, 0) is 18.4 Å². The third-order valence-corrected chi connectivity index (χ3v) is 6.01. The Kier molecular flexibility index (Phi) is 5.09. The maximum absolute atomic E-state index is 13.1. The standard InChI is InChI=1S/C22H20N4O3S/c1-13-6-7-15(9-14(13)2)16-11-30-21-19(16)22(29)26(12-23-21)10-18(27)24-20(28)17-5-4-8-25(17)3/h4-9,11-12H,10H2,1-3H3,(H,24,27,28). The van der Waals surface area contributed by atoms with Crippen molar-refractivity contribution in [1.29, 1.82) is 0 Å². The number of amides is 2. The number of aryl methyl sites for hydroxylation is 3. The number of fused-ring (bicyclic) bond motifs is 1. The minimum absolute atomic E-state index is 0.292. The summed E-state index contributed by atoms with van der Waals surface area (Å²) in [6, 6.07) is 9.37. The van der Waals surface area contributed by atoms with Crippen LogP contribution in [0.4, 0.5) is 0 Å². The lowest BCUT2D eigenvalue weighted by Crippen LogP contribution is -2.36. The Morgan fingerprint density at radius 3 is 2.67 bits per heavy atom. The molecule has 0 saturated heterocycles. The number of nitrogens with zero attached hydrogens (tertiary/aromatic N) is 3. The molecule has 8 heteroatoms. The molecule has 0 aliphatic heterocycles. The second kappa shape index (κ2) is 7.72. The fourth-order valence-electron chi connectivity index (χ4n) is 3.28. The van der Waals surface area contributed by atoms with Gasteiger partial charge in [-0.05, 0) is 42.7 Å². The molecule has 0 aliphatic carbocycles. The van der Waals surface area contributed by atoms with Crippen molar-refractivity contribution < 1.29 is 9.59 Å². The molecule has 4 aromatic rings. The first-order chi connectivity index (χ1) is 14.3. The minimum atomic E-state index is -0.576. The number of benzene rings is 1. The fourth-order valence-corrected chi connectivity index (χ4v) is 4.19. The van der Waals surface area contributed by atoms with Crippen LogP contribution in [0.2, 0.25) is 0 Å². The SMILES string of the molecule is Cc1ccc(-c2csc3ncn(CC(=O)NC(=O)c4cccn4C)c(=O)c23)cc1C. The van der Waals surface area contributed by atoms with Gasteiger partial charge >= 0.3 is 0 Å². The summed E-state index contributed by atoms with van der Waals surface area (Å²) in [7, 11) is 1.71. The van der Waals surface area contributed by atoms with Gasteiger partial charge in [-0.2, -0.15) is 0 Å². The van der Waals surface area contributed by atoms with Crippen LogP contribution in [0.25, 0.3) is 21.3 Å². The normalized spacial score (nSPS) is 11.0. The molecule has 0 saturated carbocycles. The van der Waals surface area contributed by atoms with Crippen molar-refractivity contribution in [3.63, 3.8) is 0 Å². The van der Waals surface area contributed by atoms with Gasteiger partial charge in [-0.1, -0.05) is 18.2 Å². The fraction of sp³-hybridized carbons (Fsp3) is 0.182. The van der Waals surface area contributed by atoms with Crippen molar-refractivity contribution in [2.75, 3.05) is 0 Å². The third kappa shape index (κ3) is 3.57. The Hall–Kier alpha value is -3.52. The quantitative estimate of drug-likeness (QED) is 0.550. The van der Waals surface area contributed by atoms with Crippen LogP contribution < -0.4 is 10.9 Å². The van der Waals surface area contributed by atoms with Gasteiger partial charge in [-0.3, -0.25) is 24.3 Å². The molecular formula is C22H20N4O3S. The third-order valence-electron chi connectivity index (χ3n) is 5.12. The number of carbonyl (C=O) groups excluding carboxylic acids is 2. The van der Waals surface area contributed by atoms with Crippen LogP contribution in [0.5, 0.6) is 0 Å². The second-order valence-electron chi connectivity index (χ2n) is 7.19. The molecular weight excluding hydrogens is 400 g/mol. The van der Waals surface area contributed by atoms with Gasteiger partial charge in [0.05, 0.1) is 11.7 Å². The molecule has 2 amide bonds. The predicted molar refractivity (Wildman–Crippen MR) is 117 cm³/mol. The van der Waals surface area contributed by atoms with E-state index >= 15 is 0 Å². The highest BCUT2D eigenvalue weighted by molar-refractivity contribution is 7.17. The summed E-state index contributed by atoms with van der Waals surface area (Å²) in [6.45, 7) is 3.77. The molecule has 4 rings (SSSR count). The molecule has 0 radical (unpaired) electrons. The van der Waals surface area contributed by atoms with Gasteiger partial charge in [0.1, 0.15) is 17.1 Å². The van der Waals surface area contributed by atoms with Gasteiger partial charge < -0.3 is 4.57 Å². The van der Waals surface area contributed by atoms with Gasteiger partial charge in [0.25, 0.3) is 11.5 Å². The molecule has 3 heterocycles. The number of hydrogen-bond acceptors (Lipinski definition) is 5. The molecule has 152 valence electrons. The molecule has 0 spiro atoms. The number of rotatable bonds is 4. The van der Waals surface area contributed by atoms with Gasteiger partial charge in [0.2, 0.25) is 5.91 Å². The van der Waals surface area contributed by atoms with Gasteiger partial charge in [0, 0.05) is 24.2 Å². The molecule has 30 heavy (non-hydrogen) atoms. The van der Waals surface area contributed by atoms with E-state index in [4.69, 9.17) is 0 Å². The summed E-state index contributed by atoms with van der Waals surface area (Å²) in [5.74, 6) is -1.09. The lowest BCUT2D eigenvalue weighted by atomic mass is 10.0. The Balaban J connectivity index is 1.64. The summed E-state index contributed by atoms with van der Waals surface area (Å²) >= 11 is 1.39.